The highest BCUT2D eigenvalue weighted by molar-refractivity contribution is 6.44. The minimum Gasteiger partial charge on any atom is -0.0622 e. The van der Waals surface area contributed by atoms with Crippen LogP contribution < -0.4 is 0 Å². The van der Waals surface area contributed by atoms with E-state index in [1.165, 1.54) is 164 Å². The molecule has 0 bridgehead atoms. The molecule has 0 spiro atoms. The molecule has 0 unspecified atom stereocenters. The van der Waals surface area contributed by atoms with E-state index in [0.717, 1.165) is 0 Å². The molecule has 0 aliphatic carbocycles. The van der Waals surface area contributed by atoms with Crippen LogP contribution in [0.5, 0.6) is 0 Å². The number of aryl methyl sites for hydroxylation is 4. The van der Waals surface area contributed by atoms with E-state index < -0.39 is 0 Å². The maximum absolute atomic E-state index is 2.57. The van der Waals surface area contributed by atoms with Crippen molar-refractivity contribution in [3.8, 4) is 44.5 Å². The van der Waals surface area contributed by atoms with Crippen LogP contribution in [-0.4, -0.2) is 0 Å². The SMILES string of the molecule is Cc1cccc(C)c1-c1cc2ccc3ccc4c5cc6c(-c7ccccc7)c7c8ccc(-c9c(C)cccc9C)c9cccc(c7c(-c7ccccc7)c6cc5c5cc(c1)c2c3c45)c98. The quantitative estimate of drug-likeness (QED) is 0.155. The molecule has 298 valence electrons. The highest BCUT2D eigenvalue weighted by Gasteiger charge is 2.27. The average Bonchev–Trinajstić information content (AvgIpc) is 3.81. The van der Waals surface area contributed by atoms with Crippen LogP contribution in [-0.2, 0) is 0 Å². The van der Waals surface area contributed by atoms with E-state index in [-0.39, 0.29) is 0 Å². The second-order valence-electron chi connectivity index (χ2n) is 18.5. The standard InChI is InChI=1S/C64H42/c1-35-14-11-15-36(2)55(35)43-30-42-25-24-41-26-27-47-50-33-53-54(34-51(50)52-32-44(31-43)57(42)60(41)62(47)52)58(39-18-7-5-8-19-39)63-48-23-13-22-45-46(56-37(3)16-12-17-38(56)4)28-29-49(61(45)48)64(63)59(53)40-20-9-6-10-21-40/h5-34H,1-4H3. The molecule has 0 aromatic heterocycles. The Kier molecular flexibility index (Phi) is 7.20. The maximum Gasteiger partial charge on any atom is -0.000740 e. The predicted octanol–water partition coefficient (Wildman–Crippen LogP) is 18.3. The fourth-order valence-electron chi connectivity index (χ4n) is 12.4. The van der Waals surface area contributed by atoms with Gasteiger partial charge in [-0.05, 0) is 222 Å². The Bertz CT molecular complexity index is 4210. The Balaban J connectivity index is 1.19. The van der Waals surface area contributed by atoms with Crippen molar-refractivity contribution in [3.63, 3.8) is 0 Å². The lowest BCUT2D eigenvalue weighted by atomic mass is 9.85. The smallest absolute Gasteiger partial charge is 0.000740 e. The summed E-state index contributed by atoms with van der Waals surface area (Å²) in [5.74, 6) is 0. The number of hydrogen-bond donors (Lipinski definition) is 0. The van der Waals surface area contributed by atoms with Crippen LogP contribution in [0.1, 0.15) is 22.3 Å². The van der Waals surface area contributed by atoms with Crippen LogP contribution in [0.2, 0.25) is 0 Å². The lowest BCUT2D eigenvalue weighted by Gasteiger charge is -2.17. The van der Waals surface area contributed by atoms with Gasteiger partial charge in [0.1, 0.15) is 0 Å². The Morgan fingerprint density at radius 3 is 1.39 bits per heavy atom. The molecule has 0 radical (unpaired) electrons. The summed E-state index contributed by atoms with van der Waals surface area (Å²) in [7, 11) is 0. The molecule has 64 heavy (non-hydrogen) atoms. The zero-order chi connectivity index (χ0) is 42.5. The van der Waals surface area contributed by atoms with Crippen LogP contribution in [0.25, 0.3) is 141 Å². The molecule has 0 N–H and O–H groups in total. The zero-order valence-electron chi connectivity index (χ0n) is 36.3. The van der Waals surface area contributed by atoms with Gasteiger partial charge in [0, 0.05) is 0 Å². The maximum atomic E-state index is 2.57. The molecule has 0 saturated heterocycles. The summed E-state index contributed by atoms with van der Waals surface area (Å²) in [4.78, 5) is 0. The Hall–Kier alpha value is -7.80. The van der Waals surface area contributed by atoms with Crippen LogP contribution in [0.3, 0.4) is 0 Å². The molecule has 0 heterocycles. The minimum atomic E-state index is 1.24. The predicted molar refractivity (Wildman–Crippen MR) is 278 cm³/mol. The molecule has 0 fully saturated rings. The summed E-state index contributed by atoms with van der Waals surface area (Å²) >= 11 is 0. The molecule has 14 aromatic rings. The molecule has 0 saturated carbocycles. The van der Waals surface area contributed by atoms with Gasteiger partial charge in [-0.25, -0.2) is 0 Å². The van der Waals surface area contributed by atoms with E-state index in [9.17, 15) is 0 Å². The average molecular weight is 811 g/mol. The molecule has 14 aromatic carbocycles. The second kappa shape index (κ2) is 12.9. The third-order valence-corrected chi connectivity index (χ3v) is 14.9. The largest absolute Gasteiger partial charge is 0.0622 e. The summed E-state index contributed by atoms with van der Waals surface area (Å²) < 4.78 is 0. The summed E-state index contributed by atoms with van der Waals surface area (Å²) in [6.07, 6.45) is 0. The van der Waals surface area contributed by atoms with Gasteiger partial charge in [0.05, 0.1) is 0 Å². The van der Waals surface area contributed by atoms with Crippen molar-refractivity contribution in [2.45, 2.75) is 27.7 Å². The third kappa shape index (κ3) is 4.67. The fraction of sp³-hybridized carbons (Fsp3) is 0.0625. The first-order chi connectivity index (χ1) is 31.4. The van der Waals surface area contributed by atoms with Gasteiger partial charge in [0.25, 0.3) is 0 Å². The van der Waals surface area contributed by atoms with Gasteiger partial charge in [-0.15, -0.1) is 0 Å². The zero-order valence-corrected chi connectivity index (χ0v) is 36.3. The highest BCUT2D eigenvalue weighted by atomic mass is 14.3. The Morgan fingerprint density at radius 2 is 0.734 bits per heavy atom. The van der Waals surface area contributed by atoms with E-state index >= 15 is 0 Å². The van der Waals surface area contributed by atoms with Crippen LogP contribution in [0, 0.1) is 27.7 Å². The van der Waals surface area contributed by atoms with Crippen LogP contribution in [0.15, 0.2) is 182 Å². The lowest BCUT2D eigenvalue weighted by molar-refractivity contribution is 1.38. The lowest BCUT2D eigenvalue weighted by Crippen LogP contribution is -1.90. The molecule has 0 aliphatic heterocycles. The number of fused-ring (bicyclic) bond motifs is 7. The van der Waals surface area contributed by atoms with E-state index in [4.69, 9.17) is 0 Å². The minimum absolute atomic E-state index is 1.24. The molecule has 14 rings (SSSR count). The molecule has 0 nitrogen and oxygen atoms in total. The molecule has 0 aliphatic rings. The van der Waals surface area contributed by atoms with Crippen molar-refractivity contribution in [1.29, 1.82) is 0 Å². The number of benzene rings is 12. The van der Waals surface area contributed by atoms with E-state index in [1.807, 2.05) is 0 Å². The first-order valence-corrected chi connectivity index (χ1v) is 22.7. The van der Waals surface area contributed by atoms with Gasteiger partial charge in [0.15, 0.2) is 0 Å². The van der Waals surface area contributed by atoms with Gasteiger partial charge in [0.2, 0.25) is 0 Å². The normalized spacial score (nSPS) is 12.4. The second-order valence-corrected chi connectivity index (χ2v) is 18.5. The Labute approximate surface area is 371 Å². The first kappa shape index (κ1) is 35.8. The van der Waals surface area contributed by atoms with Crippen molar-refractivity contribution < 1.29 is 0 Å². The third-order valence-electron chi connectivity index (χ3n) is 14.9. The van der Waals surface area contributed by atoms with Crippen molar-refractivity contribution in [3.05, 3.63) is 204 Å². The highest BCUT2D eigenvalue weighted by Crippen LogP contribution is 2.55. The number of rotatable bonds is 4. The molecule has 0 amide bonds. The summed E-state index contributed by atoms with van der Waals surface area (Å²) in [6, 6.07) is 69.5. The first-order valence-electron chi connectivity index (χ1n) is 22.7. The number of hydrogen-bond acceptors (Lipinski definition) is 0. The van der Waals surface area contributed by atoms with Gasteiger partial charge < -0.3 is 0 Å². The van der Waals surface area contributed by atoms with Crippen LogP contribution in [0.4, 0.5) is 0 Å². The van der Waals surface area contributed by atoms with E-state index in [0.29, 0.717) is 0 Å². The van der Waals surface area contributed by atoms with Gasteiger partial charge in [-0.3, -0.25) is 0 Å². The monoisotopic (exact) mass is 810 g/mol. The summed E-state index contributed by atoms with van der Waals surface area (Å²) in [5.41, 5.74) is 15.6. The Morgan fingerprint density at radius 1 is 0.219 bits per heavy atom. The fourth-order valence-corrected chi connectivity index (χ4v) is 12.4. The topological polar surface area (TPSA) is 0 Å². The van der Waals surface area contributed by atoms with Gasteiger partial charge in [-0.1, -0.05) is 152 Å². The van der Waals surface area contributed by atoms with Crippen molar-refractivity contribution in [2.75, 3.05) is 0 Å². The molecular formula is C64H42. The van der Waals surface area contributed by atoms with E-state index in [2.05, 4.69) is 210 Å². The van der Waals surface area contributed by atoms with Crippen molar-refractivity contribution in [1.82, 2.24) is 0 Å². The van der Waals surface area contributed by atoms with E-state index in [1.54, 1.807) is 0 Å². The summed E-state index contributed by atoms with van der Waals surface area (Å²) in [6.45, 7) is 8.99. The van der Waals surface area contributed by atoms with Crippen molar-refractivity contribution in [2.24, 2.45) is 0 Å². The van der Waals surface area contributed by atoms with Gasteiger partial charge in [-0.2, -0.15) is 0 Å². The van der Waals surface area contributed by atoms with Crippen molar-refractivity contribution >= 4 is 97.0 Å². The summed E-state index contributed by atoms with van der Waals surface area (Å²) in [5, 5.41) is 23.9. The molecule has 0 heteroatoms. The van der Waals surface area contributed by atoms with Gasteiger partial charge >= 0.3 is 0 Å². The van der Waals surface area contributed by atoms with Crippen LogP contribution >= 0.6 is 0 Å². The molecular weight excluding hydrogens is 769 g/mol. The molecule has 0 atom stereocenters.